The van der Waals surface area contributed by atoms with Crippen molar-refractivity contribution in [2.75, 3.05) is 6.54 Å². The van der Waals surface area contributed by atoms with Crippen LogP contribution < -0.4 is 5.32 Å². The number of carbonyl (C=O) groups is 3. The van der Waals surface area contributed by atoms with Crippen molar-refractivity contribution in [1.82, 2.24) is 10.2 Å². The van der Waals surface area contributed by atoms with Gasteiger partial charge in [0.1, 0.15) is 5.54 Å². The smallest absolute Gasteiger partial charge is 0.319 e. The highest BCUT2D eigenvalue weighted by Crippen LogP contribution is 2.30. The van der Waals surface area contributed by atoms with Gasteiger partial charge in [-0.3, -0.25) is 24.6 Å². The van der Waals surface area contributed by atoms with E-state index in [0.717, 1.165) is 4.90 Å². The third kappa shape index (κ3) is 3.26. The van der Waals surface area contributed by atoms with Gasteiger partial charge in [-0.05, 0) is 36.8 Å². The monoisotopic (exact) mass is 387 g/mol. The number of halogens is 1. The number of nitro benzene ring substituents is 1. The van der Waals surface area contributed by atoms with Gasteiger partial charge in [0.2, 0.25) is 0 Å². The molecule has 1 atom stereocenters. The second kappa shape index (κ2) is 6.81. The van der Waals surface area contributed by atoms with Crippen molar-refractivity contribution in [3.63, 3.8) is 0 Å². The average Bonchev–Trinajstić information content (AvgIpc) is 2.86. The van der Waals surface area contributed by atoms with Crippen molar-refractivity contribution < 1.29 is 19.3 Å². The van der Waals surface area contributed by atoms with Crippen LogP contribution in [0.2, 0.25) is 5.02 Å². The van der Waals surface area contributed by atoms with Crippen LogP contribution in [-0.4, -0.2) is 34.1 Å². The van der Waals surface area contributed by atoms with Crippen LogP contribution in [0.1, 0.15) is 22.8 Å². The lowest BCUT2D eigenvalue weighted by Gasteiger charge is -2.22. The Kier molecular flexibility index (Phi) is 4.67. The van der Waals surface area contributed by atoms with Crippen LogP contribution in [0, 0.1) is 10.1 Å². The quantitative estimate of drug-likeness (QED) is 0.367. The summed E-state index contributed by atoms with van der Waals surface area (Å²) < 4.78 is 0. The van der Waals surface area contributed by atoms with E-state index in [0.29, 0.717) is 5.56 Å². The van der Waals surface area contributed by atoms with Crippen molar-refractivity contribution >= 4 is 35.0 Å². The van der Waals surface area contributed by atoms with Gasteiger partial charge < -0.3 is 5.32 Å². The van der Waals surface area contributed by atoms with Gasteiger partial charge in [0.25, 0.3) is 11.6 Å². The molecule has 1 N–H and O–H groups in total. The van der Waals surface area contributed by atoms with Crippen molar-refractivity contribution in [2.24, 2.45) is 0 Å². The van der Waals surface area contributed by atoms with Crippen LogP contribution in [-0.2, 0) is 10.3 Å². The maximum atomic E-state index is 12.8. The van der Waals surface area contributed by atoms with Gasteiger partial charge in [-0.15, -0.1) is 0 Å². The number of amides is 3. The Bertz CT molecular complexity index is 960. The molecule has 0 aliphatic carbocycles. The fourth-order valence-electron chi connectivity index (χ4n) is 2.87. The molecule has 1 aliphatic rings. The number of imide groups is 1. The summed E-state index contributed by atoms with van der Waals surface area (Å²) in [5, 5.41) is 13.6. The summed E-state index contributed by atoms with van der Waals surface area (Å²) in [6.45, 7) is 1.02. The molecule has 0 unspecified atom stereocenters. The fourth-order valence-corrected chi connectivity index (χ4v) is 3.11. The van der Waals surface area contributed by atoms with Crippen LogP contribution in [0.4, 0.5) is 10.5 Å². The first kappa shape index (κ1) is 18.5. The first-order valence-corrected chi connectivity index (χ1v) is 8.28. The van der Waals surface area contributed by atoms with Crippen molar-refractivity contribution in [2.45, 2.75) is 12.5 Å². The number of nitrogens with zero attached hydrogens (tertiary/aromatic N) is 2. The fraction of sp³-hybridized carbons (Fsp3) is 0.167. The molecule has 0 saturated carbocycles. The molecule has 0 radical (unpaired) electrons. The number of rotatable bonds is 5. The van der Waals surface area contributed by atoms with Crippen LogP contribution in [0.3, 0.4) is 0 Å². The molecule has 1 fully saturated rings. The minimum absolute atomic E-state index is 0.134. The molecule has 2 aromatic carbocycles. The molecule has 0 aromatic heterocycles. The zero-order valence-electron chi connectivity index (χ0n) is 14.1. The second-order valence-corrected chi connectivity index (χ2v) is 6.56. The lowest BCUT2D eigenvalue weighted by atomic mass is 9.92. The number of nitro groups is 1. The van der Waals surface area contributed by atoms with E-state index in [9.17, 15) is 24.5 Å². The van der Waals surface area contributed by atoms with Crippen LogP contribution in [0.5, 0.6) is 0 Å². The highest BCUT2D eigenvalue weighted by atomic mass is 35.5. The lowest BCUT2D eigenvalue weighted by Crippen LogP contribution is -2.41. The Hall–Kier alpha value is -3.26. The van der Waals surface area contributed by atoms with E-state index in [4.69, 9.17) is 11.6 Å². The van der Waals surface area contributed by atoms with E-state index in [1.807, 2.05) is 0 Å². The second-order valence-electron chi connectivity index (χ2n) is 6.15. The van der Waals surface area contributed by atoms with Crippen LogP contribution >= 0.6 is 11.6 Å². The normalized spacial score (nSPS) is 19.1. The average molecular weight is 388 g/mol. The number of nitrogens with one attached hydrogen (secondary N) is 1. The highest BCUT2D eigenvalue weighted by Gasteiger charge is 2.49. The molecule has 27 heavy (non-hydrogen) atoms. The molecule has 9 heteroatoms. The molecule has 1 heterocycles. The molecule has 1 saturated heterocycles. The van der Waals surface area contributed by atoms with Crippen molar-refractivity contribution in [3.05, 3.63) is 74.8 Å². The summed E-state index contributed by atoms with van der Waals surface area (Å²) in [6.07, 6.45) is 0. The third-order valence-electron chi connectivity index (χ3n) is 4.41. The van der Waals surface area contributed by atoms with Gasteiger partial charge >= 0.3 is 6.03 Å². The molecular formula is C18H14ClN3O5. The molecule has 2 aromatic rings. The number of ketones is 1. The summed E-state index contributed by atoms with van der Waals surface area (Å²) in [5.41, 5.74) is -0.972. The van der Waals surface area contributed by atoms with E-state index in [-0.39, 0.29) is 16.3 Å². The first-order chi connectivity index (χ1) is 12.7. The zero-order valence-corrected chi connectivity index (χ0v) is 14.9. The maximum absolute atomic E-state index is 12.8. The number of urea groups is 1. The third-order valence-corrected chi connectivity index (χ3v) is 4.74. The Morgan fingerprint density at radius 2 is 1.81 bits per heavy atom. The van der Waals surface area contributed by atoms with Crippen molar-refractivity contribution in [1.29, 1.82) is 0 Å². The zero-order chi connectivity index (χ0) is 19.8. The number of hydrogen-bond donors (Lipinski definition) is 1. The summed E-state index contributed by atoms with van der Waals surface area (Å²) >= 11 is 5.99. The topological polar surface area (TPSA) is 110 Å². The standard InChI is InChI=1S/C18H14ClN3O5/c1-18(11-6-8-12(9-7-11)22(26)27)16(24)21(17(25)20-18)10-15(23)13-4-2-3-5-14(13)19/h2-9H,10H2,1H3,(H,20,25)/t18-/m0/s1. The molecule has 1 aliphatic heterocycles. The largest absolute Gasteiger partial charge is 0.325 e. The summed E-state index contributed by atoms with van der Waals surface area (Å²) in [5.74, 6) is -1.10. The van der Waals surface area contributed by atoms with Crippen LogP contribution in [0.25, 0.3) is 0 Å². The molecule has 0 spiro atoms. The van der Waals surface area contributed by atoms with E-state index < -0.39 is 34.7 Å². The molecule has 0 bridgehead atoms. The van der Waals surface area contributed by atoms with E-state index in [1.54, 1.807) is 18.2 Å². The van der Waals surface area contributed by atoms with Gasteiger partial charge in [0, 0.05) is 17.7 Å². The molecule has 3 rings (SSSR count). The summed E-state index contributed by atoms with van der Waals surface area (Å²) in [4.78, 5) is 48.6. The van der Waals surface area contributed by atoms with Crippen LogP contribution in [0.15, 0.2) is 48.5 Å². The first-order valence-electron chi connectivity index (χ1n) is 7.91. The predicted octanol–water partition coefficient (Wildman–Crippen LogP) is 2.90. The van der Waals surface area contributed by atoms with Gasteiger partial charge in [0.15, 0.2) is 5.78 Å². The van der Waals surface area contributed by atoms with E-state index in [2.05, 4.69) is 5.32 Å². The van der Waals surface area contributed by atoms with E-state index in [1.165, 1.54) is 37.3 Å². The molecule has 3 amide bonds. The van der Waals surface area contributed by atoms with Gasteiger partial charge in [-0.2, -0.15) is 0 Å². The van der Waals surface area contributed by atoms with Gasteiger partial charge in [-0.25, -0.2) is 4.79 Å². The highest BCUT2D eigenvalue weighted by molar-refractivity contribution is 6.34. The SMILES string of the molecule is C[C@@]1(c2ccc([N+](=O)[O-])cc2)NC(=O)N(CC(=O)c2ccccc2Cl)C1=O. The lowest BCUT2D eigenvalue weighted by molar-refractivity contribution is -0.384. The number of benzene rings is 2. The maximum Gasteiger partial charge on any atom is 0.325 e. The molecule has 138 valence electrons. The molecular weight excluding hydrogens is 374 g/mol. The summed E-state index contributed by atoms with van der Waals surface area (Å²) in [7, 11) is 0. The van der Waals surface area contributed by atoms with E-state index >= 15 is 0 Å². The number of hydrogen-bond acceptors (Lipinski definition) is 5. The van der Waals surface area contributed by atoms with Gasteiger partial charge in [0.05, 0.1) is 16.5 Å². The summed E-state index contributed by atoms with van der Waals surface area (Å²) in [6, 6.07) is 10.9. The Morgan fingerprint density at radius 1 is 1.19 bits per heavy atom. The predicted molar refractivity (Wildman–Crippen MR) is 96.5 cm³/mol. The Morgan fingerprint density at radius 3 is 2.41 bits per heavy atom. The number of Topliss-reactive ketones (excluding diaryl/α,β-unsaturated/α-hetero) is 1. The minimum atomic E-state index is -1.42. The Balaban J connectivity index is 1.85. The minimum Gasteiger partial charge on any atom is -0.319 e. The van der Waals surface area contributed by atoms with Crippen molar-refractivity contribution in [3.8, 4) is 0 Å². The van der Waals surface area contributed by atoms with Gasteiger partial charge in [-0.1, -0.05) is 23.7 Å². The molecule has 8 nitrogen and oxygen atoms in total. The Labute approximate surface area is 158 Å². The number of non-ortho nitro benzene ring substituents is 1. The number of carbonyl (C=O) groups excluding carboxylic acids is 3.